The SMILES string of the molecule is CCN[C@H](C)CNC(=O)c1cc(C2CC2)nc2c1c(=O)[nH]c(=O)n2CC(C)C.Cl.Cl. The van der Waals surface area contributed by atoms with E-state index in [4.69, 9.17) is 0 Å². The van der Waals surface area contributed by atoms with Crippen molar-refractivity contribution in [3.63, 3.8) is 0 Å². The molecule has 2 heterocycles. The standard InChI is InChI=1S/C20H29N5O3.2ClH/c1-5-21-12(4)9-22-18(26)14-8-15(13-6-7-13)23-17-16(14)19(27)24-20(28)25(17)10-11(2)3;;/h8,11-13,21H,5-7,9-10H2,1-4H3,(H,22,26)(H,24,27,28);2*1H/t12-;;/m1../s1. The molecule has 0 saturated heterocycles. The van der Waals surface area contributed by atoms with Crippen LogP contribution in [-0.4, -0.2) is 39.6 Å². The Balaban J connectivity index is 0.00000225. The fourth-order valence-electron chi connectivity index (χ4n) is 3.36. The number of H-pyrrole nitrogens is 1. The maximum atomic E-state index is 12.9. The Morgan fingerprint density at radius 2 is 1.93 bits per heavy atom. The van der Waals surface area contributed by atoms with E-state index in [1.165, 1.54) is 4.57 Å². The second kappa shape index (κ2) is 10.9. The molecule has 1 fully saturated rings. The minimum atomic E-state index is -0.570. The van der Waals surface area contributed by atoms with E-state index in [-0.39, 0.29) is 53.6 Å². The molecule has 1 aliphatic carbocycles. The smallest absolute Gasteiger partial charge is 0.330 e. The third kappa shape index (κ3) is 5.83. The van der Waals surface area contributed by atoms with Crippen LogP contribution in [0.15, 0.2) is 15.7 Å². The van der Waals surface area contributed by atoms with Crippen molar-refractivity contribution in [3.05, 3.63) is 38.2 Å². The number of carbonyl (C=O) groups excluding carboxylic acids is 1. The molecule has 1 aliphatic rings. The number of aromatic amines is 1. The van der Waals surface area contributed by atoms with Crippen LogP contribution in [0.1, 0.15) is 62.5 Å². The van der Waals surface area contributed by atoms with Crippen LogP contribution in [0.3, 0.4) is 0 Å². The van der Waals surface area contributed by atoms with Gasteiger partial charge in [-0.3, -0.25) is 19.1 Å². The topological polar surface area (TPSA) is 109 Å². The molecular weight excluding hydrogens is 429 g/mol. The Hall–Kier alpha value is -1.90. The van der Waals surface area contributed by atoms with Gasteiger partial charge in [0.2, 0.25) is 0 Å². The van der Waals surface area contributed by atoms with Crippen molar-refractivity contribution < 1.29 is 4.79 Å². The molecule has 2 aromatic heterocycles. The molecule has 1 saturated carbocycles. The van der Waals surface area contributed by atoms with Crippen molar-refractivity contribution in [2.45, 2.75) is 59.0 Å². The molecule has 3 N–H and O–H groups in total. The summed E-state index contributed by atoms with van der Waals surface area (Å²) in [7, 11) is 0. The quantitative estimate of drug-likeness (QED) is 0.560. The summed E-state index contributed by atoms with van der Waals surface area (Å²) in [6.07, 6.45) is 2.02. The number of aromatic nitrogens is 3. The zero-order valence-corrected chi connectivity index (χ0v) is 19.4. The Morgan fingerprint density at radius 1 is 1.27 bits per heavy atom. The van der Waals surface area contributed by atoms with Gasteiger partial charge in [0.15, 0.2) is 5.65 Å². The van der Waals surface area contributed by atoms with Gasteiger partial charge in [-0.05, 0) is 38.3 Å². The van der Waals surface area contributed by atoms with E-state index in [2.05, 4.69) is 20.6 Å². The number of nitrogens with one attached hydrogen (secondary N) is 3. The van der Waals surface area contributed by atoms with Gasteiger partial charge in [0.05, 0.1) is 10.9 Å². The van der Waals surface area contributed by atoms with E-state index in [0.717, 1.165) is 25.1 Å². The first-order valence-corrected chi connectivity index (χ1v) is 10.0. The number of pyridine rings is 1. The van der Waals surface area contributed by atoms with Crippen molar-refractivity contribution in [3.8, 4) is 0 Å². The highest BCUT2D eigenvalue weighted by molar-refractivity contribution is 6.05. The summed E-state index contributed by atoms with van der Waals surface area (Å²) >= 11 is 0. The first-order chi connectivity index (χ1) is 13.3. The van der Waals surface area contributed by atoms with Crippen molar-refractivity contribution in [2.24, 2.45) is 5.92 Å². The number of nitrogens with zero attached hydrogens (tertiary/aromatic N) is 2. The number of likely N-dealkylation sites (N-methyl/N-ethyl adjacent to an activating group) is 1. The summed E-state index contributed by atoms with van der Waals surface area (Å²) in [6, 6.07) is 1.83. The second-order valence-electron chi connectivity index (χ2n) is 8.00. The number of halogens is 2. The molecule has 0 aliphatic heterocycles. The monoisotopic (exact) mass is 459 g/mol. The van der Waals surface area contributed by atoms with Gasteiger partial charge in [-0.15, -0.1) is 24.8 Å². The summed E-state index contributed by atoms with van der Waals surface area (Å²) in [5.74, 6) is 0.161. The van der Waals surface area contributed by atoms with E-state index in [1.807, 2.05) is 27.7 Å². The Kier molecular flexibility index (Phi) is 9.52. The molecule has 0 unspecified atom stereocenters. The van der Waals surface area contributed by atoms with E-state index in [9.17, 15) is 14.4 Å². The largest absolute Gasteiger partial charge is 0.350 e. The zero-order valence-electron chi connectivity index (χ0n) is 17.8. The van der Waals surface area contributed by atoms with Crippen LogP contribution in [0, 0.1) is 5.92 Å². The molecule has 0 bridgehead atoms. The van der Waals surface area contributed by atoms with Crippen LogP contribution >= 0.6 is 24.8 Å². The number of rotatable bonds is 8. The van der Waals surface area contributed by atoms with E-state index in [0.29, 0.717) is 24.7 Å². The predicted molar refractivity (Wildman–Crippen MR) is 123 cm³/mol. The molecule has 2 aromatic rings. The van der Waals surface area contributed by atoms with Crippen LogP contribution in [0.4, 0.5) is 0 Å². The summed E-state index contributed by atoms with van der Waals surface area (Å²) < 4.78 is 1.48. The molecular formula is C20H31Cl2N5O3. The summed E-state index contributed by atoms with van der Waals surface area (Å²) in [6.45, 7) is 9.64. The van der Waals surface area contributed by atoms with Crippen molar-refractivity contribution >= 4 is 41.8 Å². The second-order valence-corrected chi connectivity index (χ2v) is 8.00. The van der Waals surface area contributed by atoms with Crippen LogP contribution in [-0.2, 0) is 6.54 Å². The van der Waals surface area contributed by atoms with Crippen molar-refractivity contribution in [2.75, 3.05) is 13.1 Å². The Labute approximate surface area is 188 Å². The lowest BCUT2D eigenvalue weighted by atomic mass is 10.1. The third-order valence-electron chi connectivity index (χ3n) is 4.88. The lowest BCUT2D eigenvalue weighted by Crippen LogP contribution is -2.39. The summed E-state index contributed by atoms with van der Waals surface area (Å²) in [5.41, 5.74) is 0.310. The predicted octanol–water partition coefficient (Wildman–Crippen LogP) is 2.19. The van der Waals surface area contributed by atoms with E-state index >= 15 is 0 Å². The summed E-state index contributed by atoms with van der Waals surface area (Å²) in [4.78, 5) is 44.9. The molecule has 0 spiro atoms. The minimum Gasteiger partial charge on any atom is -0.350 e. The number of hydrogen-bond acceptors (Lipinski definition) is 5. The molecule has 3 rings (SSSR count). The number of amides is 1. The fourth-order valence-corrected chi connectivity index (χ4v) is 3.36. The number of hydrogen-bond donors (Lipinski definition) is 3. The van der Waals surface area contributed by atoms with Crippen LogP contribution in [0.2, 0.25) is 0 Å². The third-order valence-corrected chi connectivity index (χ3v) is 4.88. The van der Waals surface area contributed by atoms with Gasteiger partial charge in [0.1, 0.15) is 0 Å². The Bertz CT molecular complexity index is 998. The maximum absolute atomic E-state index is 12.9. The molecule has 1 amide bonds. The molecule has 8 nitrogen and oxygen atoms in total. The van der Waals surface area contributed by atoms with Crippen LogP contribution in [0.25, 0.3) is 11.0 Å². The molecule has 0 aromatic carbocycles. The highest BCUT2D eigenvalue weighted by Crippen LogP contribution is 2.39. The maximum Gasteiger partial charge on any atom is 0.330 e. The Morgan fingerprint density at radius 3 is 2.50 bits per heavy atom. The van der Waals surface area contributed by atoms with Gasteiger partial charge in [-0.2, -0.15) is 0 Å². The van der Waals surface area contributed by atoms with Gasteiger partial charge in [-0.25, -0.2) is 9.78 Å². The first kappa shape index (κ1) is 26.1. The summed E-state index contributed by atoms with van der Waals surface area (Å²) in [5, 5.41) is 6.31. The normalized spacial score (nSPS) is 14.2. The molecule has 0 radical (unpaired) electrons. The number of fused-ring (bicyclic) bond motifs is 1. The van der Waals surface area contributed by atoms with Gasteiger partial charge in [0, 0.05) is 30.7 Å². The average molecular weight is 460 g/mol. The average Bonchev–Trinajstić information content (AvgIpc) is 3.47. The molecule has 168 valence electrons. The minimum absolute atomic E-state index is 0. The first-order valence-electron chi connectivity index (χ1n) is 10.0. The number of carbonyl (C=O) groups is 1. The van der Waals surface area contributed by atoms with Crippen LogP contribution in [0.5, 0.6) is 0 Å². The fraction of sp³-hybridized carbons (Fsp3) is 0.600. The van der Waals surface area contributed by atoms with Crippen LogP contribution < -0.4 is 21.9 Å². The van der Waals surface area contributed by atoms with Gasteiger partial charge in [-0.1, -0.05) is 20.8 Å². The lowest BCUT2D eigenvalue weighted by molar-refractivity contribution is 0.0951. The van der Waals surface area contributed by atoms with Crippen molar-refractivity contribution in [1.29, 1.82) is 0 Å². The molecule has 30 heavy (non-hydrogen) atoms. The van der Waals surface area contributed by atoms with E-state index < -0.39 is 11.2 Å². The van der Waals surface area contributed by atoms with Crippen molar-refractivity contribution in [1.82, 2.24) is 25.2 Å². The lowest BCUT2D eigenvalue weighted by Gasteiger charge is -2.16. The van der Waals surface area contributed by atoms with Gasteiger partial charge >= 0.3 is 5.69 Å². The molecule has 1 atom stereocenters. The molecule has 10 heteroatoms. The van der Waals surface area contributed by atoms with E-state index in [1.54, 1.807) is 6.07 Å². The zero-order chi connectivity index (χ0) is 20.4. The van der Waals surface area contributed by atoms with Gasteiger partial charge in [0.25, 0.3) is 11.5 Å². The van der Waals surface area contributed by atoms with Gasteiger partial charge < -0.3 is 10.6 Å². The highest BCUT2D eigenvalue weighted by Gasteiger charge is 2.28. The highest BCUT2D eigenvalue weighted by atomic mass is 35.5.